The Kier molecular flexibility index (Phi) is 8.92. The lowest BCUT2D eigenvalue weighted by atomic mass is 9.81. The second-order valence-corrected chi connectivity index (χ2v) is 7.14. The van der Waals surface area contributed by atoms with E-state index in [1.165, 1.54) is 6.92 Å². The molecule has 0 spiro atoms. The molecule has 0 aromatic rings. The Bertz CT molecular complexity index is 568. The van der Waals surface area contributed by atoms with Crippen molar-refractivity contribution in [2.24, 2.45) is 11.7 Å². The van der Waals surface area contributed by atoms with Gasteiger partial charge in [0, 0.05) is 32.1 Å². The van der Waals surface area contributed by atoms with Gasteiger partial charge >= 0.3 is 11.9 Å². The van der Waals surface area contributed by atoms with Gasteiger partial charge in [0.2, 0.25) is 5.79 Å². The predicted octanol–water partition coefficient (Wildman–Crippen LogP) is -2.10. The number of rotatable bonds is 10. The normalized spacial score (nSPS) is 30.9. The molecule has 0 saturated carbocycles. The van der Waals surface area contributed by atoms with Crippen molar-refractivity contribution in [3.8, 4) is 0 Å². The Labute approximate surface area is 162 Å². The average Bonchev–Trinajstić information content (AvgIpc) is 2.56. The lowest BCUT2D eigenvalue weighted by Gasteiger charge is -2.44. The Balaban J connectivity index is 2.67. The minimum Gasteiger partial charge on any atom is -0.481 e. The van der Waals surface area contributed by atoms with Crippen molar-refractivity contribution < 1.29 is 49.4 Å². The van der Waals surface area contributed by atoms with E-state index in [-0.39, 0.29) is 19.3 Å². The molecule has 28 heavy (non-hydrogen) atoms. The summed E-state index contributed by atoms with van der Waals surface area (Å²) in [7, 11) is 0. The fourth-order valence-corrected chi connectivity index (χ4v) is 3.13. The molecule has 1 fully saturated rings. The second-order valence-electron chi connectivity index (χ2n) is 7.14. The summed E-state index contributed by atoms with van der Waals surface area (Å²) in [5, 5.41) is 49.1. The average molecular weight is 407 g/mol. The molecule has 1 saturated heterocycles. The number of esters is 1. The van der Waals surface area contributed by atoms with Crippen LogP contribution in [-0.4, -0.2) is 86.1 Å². The molecule has 11 nitrogen and oxygen atoms in total. The molecule has 1 aliphatic heterocycles. The summed E-state index contributed by atoms with van der Waals surface area (Å²) in [4.78, 5) is 33.8. The van der Waals surface area contributed by atoms with Gasteiger partial charge in [0.1, 0.15) is 12.6 Å². The minimum absolute atomic E-state index is 0.127. The van der Waals surface area contributed by atoms with Crippen LogP contribution in [0.2, 0.25) is 0 Å². The SMILES string of the molecule is CC(=O)C1(O)CC(O)C([C@@H](C)O)C(C[C@H](O)COC(=O)[C@H](N)CCC(=O)O)O1. The van der Waals surface area contributed by atoms with Crippen LogP contribution in [0.25, 0.3) is 0 Å². The van der Waals surface area contributed by atoms with Crippen LogP contribution in [0, 0.1) is 5.92 Å². The fourth-order valence-electron chi connectivity index (χ4n) is 3.13. The zero-order valence-electron chi connectivity index (χ0n) is 15.9. The summed E-state index contributed by atoms with van der Waals surface area (Å²) in [6.45, 7) is 1.99. The van der Waals surface area contributed by atoms with Gasteiger partial charge in [-0.3, -0.25) is 14.4 Å². The number of ether oxygens (including phenoxy) is 2. The van der Waals surface area contributed by atoms with Crippen molar-refractivity contribution in [1.29, 1.82) is 0 Å². The molecule has 1 heterocycles. The van der Waals surface area contributed by atoms with Crippen molar-refractivity contribution in [1.82, 2.24) is 0 Å². The van der Waals surface area contributed by atoms with E-state index >= 15 is 0 Å². The molecule has 4 unspecified atom stereocenters. The monoisotopic (exact) mass is 407 g/mol. The number of carboxylic acid groups (broad SMARTS) is 1. The van der Waals surface area contributed by atoms with E-state index in [9.17, 15) is 34.8 Å². The zero-order chi connectivity index (χ0) is 21.6. The number of carboxylic acids is 1. The maximum absolute atomic E-state index is 11.7. The quantitative estimate of drug-likeness (QED) is 0.217. The third kappa shape index (κ3) is 6.76. The van der Waals surface area contributed by atoms with E-state index < -0.39 is 72.9 Å². The first-order valence-corrected chi connectivity index (χ1v) is 8.96. The van der Waals surface area contributed by atoms with Crippen LogP contribution in [0.5, 0.6) is 0 Å². The van der Waals surface area contributed by atoms with Crippen LogP contribution in [0.4, 0.5) is 0 Å². The lowest BCUT2D eigenvalue weighted by molar-refractivity contribution is -0.285. The zero-order valence-corrected chi connectivity index (χ0v) is 15.9. The first kappa shape index (κ1) is 24.4. The molecule has 1 rings (SSSR count). The van der Waals surface area contributed by atoms with Crippen LogP contribution in [0.1, 0.15) is 39.5 Å². The van der Waals surface area contributed by atoms with E-state index in [2.05, 4.69) is 0 Å². The predicted molar refractivity (Wildman–Crippen MR) is 92.7 cm³/mol. The van der Waals surface area contributed by atoms with Crippen molar-refractivity contribution in [2.45, 2.75) is 75.8 Å². The Hall–Kier alpha value is -1.63. The second kappa shape index (κ2) is 10.2. The summed E-state index contributed by atoms with van der Waals surface area (Å²) >= 11 is 0. The molecule has 0 bridgehead atoms. The van der Waals surface area contributed by atoms with Gasteiger partial charge in [-0.05, 0) is 13.3 Å². The first-order chi connectivity index (χ1) is 12.9. The number of aliphatic carboxylic acids is 1. The number of carbonyl (C=O) groups excluding carboxylic acids is 2. The summed E-state index contributed by atoms with van der Waals surface area (Å²) in [5.74, 6) is -5.87. The number of hydrogen-bond donors (Lipinski definition) is 6. The maximum Gasteiger partial charge on any atom is 0.323 e. The van der Waals surface area contributed by atoms with Crippen molar-refractivity contribution in [3.63, 3.8) is 0 Å². The highest BCUT2D eigenvalue weighted by Gasteiger charge is 2.50. The highest BCUT2D eigenvalue weighted by molar-refractivity contribution is 5.83. The van der Waals surface area contributed by atoms with Gasteiger partial charge in [-0.25, -0.2) is 0 Å². The standard InChI is InChI=1S/C17H29NO10/c1-8(19)15-12(22)6-17(26,9(2)20)28-13(15)5-10(21)7-27-16(25)11(18)3-4-14(23)24/h8,10-13,15,19,21-22,26H,3-7,18H2,1-2H3,(H,23,24)/t8-,10+,11-,12?,13?,15?,17?/m1/s1. The number of Topliss-reactive ketones (excluding diaryl/α,β-unsaturated/α-hetero) is 1. The van der Waals surface area contributed by atoms with Crippen LogP contribution >= 0.6 is 0 Å². The van der Waals surface area contributed by atoms with Crippen LogP contribution in [0.3, 0.4) is 0 Å². The van der Waals surface area contributed by atoms with Crippen molar-refractivity contribution in [3.05, 3.63) is 0 Å². The summed E-state index contributed by atoms with van der Waals surface area (Å²) < 4.78 is 10.2. The van der Waals surface area contributed by atoms with E-state index in [4.69, 9.17) is 20.3 Å². The number of aliphatic hydroxyl groups excluding tert-OH is 3. The summed E-state index contributed by atoms with van der Waals surface area (Å²) in [6, 6.07) is -1.16. The minimum atomic E-state index is -2.24. The molecule has 162 valence electrons. The number of aliphatic hydroxyl groups is 4. The van der Waals surface area contributed by atoms with Crippen molar-refractivity contribution >= 4 is 17.7 Å². The van der Waals surface area contributed by atoms with Gasteiger partial charge in [0.15, 0.2) is 5.78 Å². The molecule has 0 aromatic heterocycles. The molecular weight excluding hydrogens is 378 g/mol. The summed E-state index contributed by atoms with van der Waals surface area (Å²) in [5.41, 5.74) is 5.50. The Morgan fingerprint density at radius 2 is 1.93 bits per heavy atom. The molecule has 0 radical (unpaired) electrons. The first-order valence-electron chi connectivity index (χ1n) is 8.96. The van der Waals surface area contributed by atoms with Crippen LogP contribution in [-0.2, 0) is 23.9 Å². The lowest BCUT2D eigenvalue weighted by Crippen LogP contribution is -2.58. The number of nitrogens with two attached hydrogens (primary N) is 1. The molecule has 7 atom stereocenters. The van der Waals surface area contributed by atoms with Crippen LogP contribution in [0.15, 0.2) is 0 Å². The van der Waals surface area contributed by atoms with E-state index in [1.807, 2.05) is 0 Å². The molecular formula is C17H29NO10. The molecule has 0 amide bonds. The largest absolute Gasteiger partial charge is 0.481 e. The van der Waals surface area contributed by atoms with E-state index in [0.29, 0.717) is 0 Å². The maximum atomic E-state index is 11.7. The Morgan fingerprint density at radius 1 is 1.32 bits per heavy atom. The Morgan fingerprint density at radius 3 is 2.43 bits per heavy atom. The number of carbonyl (C=O) groups is 3. The van der Waals surface area contributed by atoms with Crippen LogP contribution < -0.4 is 5.73 Å². The fraction of sp³-hybridized carbons (Fsp3) is 0.824. The van der Waals surface area contributed by atoms with Gasteiger partial charge in [0.05, 0.1) is 24.4 Å². The highest BCUT2D eigenvalue weighted by atomic mass is 16.6. The van der Waals surface area contributed by atoms with Gasteiger partial charge in [-0.15, -0.1) is 0 Å². The van der Waals surface area contributed by atoms with Gasteiger partial charge in [-0.1, -0.05) is 0 Å². The van der Waals surface area contributed by atoms with Gasteiger partial charge < -0.3 is 40.7 Å². The topological polar surface area (TPSA) is 197 Å². The highest BCUT2D eigenvalue weighted by Crippen LogP contribution is 2.36. The van der Waals surface area contributed by atoms with E-state index in [1.54, 1.807) is 0 Å². The smallest absolute Gasteiger partial charge is 0.323 e. The molecule has 0 aromatic carbocycles. The molecule has 11 heteroatoms. The van der Waals surface area contributed by atoms with E-state index in [0.717, 1.165) is 6.92 Å². The molecule has 1 aliphatic rings. The number of hydrogen-bond acceptors (Lipinski definition) is 10. The third-order valence-corrected chi connectivity index (χ3v) is 4.71. The van der Waals surface area contributed by atoms with Crippen molar-refractivity contribution in [2.75, 3.05) is 6.61 Å². The summed E-state index contributed by atoms with van der Waals surface area (Å²) in [6.07, 6.45) is -5.82. The van der Waals surface area contributed by atoms with Gasteiger partial charge in [0.25, 0.3) is 0 Å². The molecule has 0 aliphatic carbocycles. The number of ketones is 1. The molecule has 7 N–H and O–H groups in total. The van der Waals surface area contributed by atoms with Gasteiger partial charge in [-0.2, -0.15) is 0 Å². The third-order valence-electron chi connectivity index (χ3n) is 4.71.